The summed E-state index contributed by atoms with van der Waals surface area (Å²) in [5, 5.41) is 10.4. The molecule has 2 saturated heterocycles. The van der Waals surface area contributed by atoms with Crippen LogP contribution in [-0.2, 0) is 0 Å². The van der Waals surface area contributed by atoms with Crippen LogP contribution in [0.4, 0.5) is 33.9 Å². The molecule has 1 aromatic heterocycles. The van der Waals surface area contributed by atoms with Crippen LogP contribution in [0, 0.1) is 11.2 Å². The molecule has 1 N–H and O–H groups in total. The third-order valence-corrected chi connectivity index (χ3v) is 9.76. The highest BCUT2D eigenvalue weighted by Crippen LogP contribution is 2.51. The van der Waals surface area contributed by atoms with Crippen LogP contribution in [-0.4, -0.2) is 69.2 Å². The standard InChI is InChI=1S/C34H32BrF4N5O3/c1-32(2,3)33-15-14-22(44(33)31(45)46)17-43(18-33)29-23-16-24(25(35)26(36)28(23)41-30(42-29)47-19-34(37,38)39)40-27(20-10-6-4-7-11-20)21-12-8-5-9-13-21/h4-13,16,22H,14-15,17-19H2,1-3H3,(H,45,46)/t22-,33-/m0/s1. The second-order valence-corrected chi connectivity index (χ2v) is 13.6. The van der Waals surface area contributed by atoms with Gasteiger partial charge in [-0.25, -0.2) is 14.2 Å². The highest BCUT2D eigenvalue weighted by atomic mass is 79.9. The Morgan fingerprint density at radius 1 is 1.06 bits per heavy atom. The average Bonchev–Trinajstić information content (AvgIpc) is 3.29. The van der Waals surface area contributed by atoms with Crippen molar-refractivity contribution in [3.05, 3.63) is 88.1 Å². The molecule has 0 saturated carbocycles. The summed E-state index contributed by atoms with van der Waals surface area (Å²) < 4.78 is 60.7. The molecule has 1 amide bonds. The number of amides is 1. The molecule has 13 heteroatoms. The van der Waals surface area contributed by atoms with Crippen LogP contribution in [0.2, 0.25) is 0 Å². The number of ether oxygens (including phenoxy) is 1. The van der Waals surface area contributed by atoms with Crippen molar-refractivity contribution in [3.8, 4) is 6.01 Å². The first-order valence-electron chi connectivity index (χ1n) is 15.0. The summed E-state index contributed by atoms with van der Waals surface area (Å²) in [6.45, 7) is 4.60. The highest BCUT2D eigenvalue weighted by Gasteiger charge is 2.59. The van der Waals surface area contributed by atoms with E-state index in [0.29, 0.717) is 18.6 Å². The van der Waals surface area contributed by atoms with Crippen LogP contribution in [0.15, 0.2) is 76.2 Å². The molecule has 0 unspecified atom stereocenters. The zero-order chi connectivity index (χ0) is 33.7. The van der Waals surface area contributed by atoms with Crippen molar-refractivity contribution in [2.45, 2.75) is 51.4 Å². The Kier molecular flexibility index (Phi) is 8.39. The van der Waals surface area contributed by atoms with Crippen molar-refractivity contribution in [2.24, 2.45) is 10.4 Å². The second-order valence-electron chi connectivity index (χ2n) is 12.9. The number of piperazine rings is 1. The van der Waals surface area contributed by atoms with E-state index in [0.717, 1.165) is 11.1 Å². The molecule has 2 fully saturated rings. The molecule has 2 aliphatic rings. The van der Waals surface area contributed by atoms with Gasteiger partial charge in [-0.1, -0.05) is 81.4 Å². The van der Waals surface area contributed by atoms with Gasteiger partial charge in [-0.2, -0.15) is 23.1 Å². The number of aliphatic imine (C=N–C) groups is 1. The SMILES string of the molecule is CC(C)(C)[C@]12CC[C@@H](CN(c3nc(OCC(F)(F)F)nc4c(F)c(Br)c(N=C(c5ccccc5)c5ccccc5)cc34)C1)N2C(=O)O. The van der Waals surface area contributed by atoms with Crippen molar-refractivity contribution in [1.29, 1.82) is 0 Å². The normalized spacial score (nSPS) is 19.6. The summed E-state index contributed by atoms with van der Waals surface area (Å²) in [5.41, 5.74) is 0.744. The van der Waals surface area contributed by atoms with E-state index in [-0.39, 0.29) is 40.0 Å². The van der Waals surface area contributed by atoms with Gasteiger partial charge in [0.15, 0.2) is 12.4 Å². The van der Waals surface area contributed by atoms with Crippen LogP contribution < -0.4 is 9.64 Å². The predicted octanol–water partition coefficient (Wildman–Crippen LogP) is 8.39. The first kappa shape index (κ1) is 32.7. The molecule has 2 aliphatic heterocycles. The van der Waals surface area contributed by atoms with Gasteiger partial charge in [0, 0.05) is 29.6 Å². The number of halogens is 5. The van der Waals surface area contributed by atoms with E-state index in [1.54, 1.807) is 6.07 Å². The van der Waals surface area contributed by atoms with E-state index in [4.69, 9.17) is 9.73 Å². The quantitative estimate of drug-likeness (QED) is 0.160. The molecular formula is C34H32BrF4N5O3. The second kappa shape index (κ2) is 12.1. The van der Waals surface area contributed by atoms with E-state index >= 15 is 4.39 Å². The predicted molar refractivity (Wildman–Crippen MR) is 174 cm³/mol. The van der Waals surface area contributed by atoms with Gasteiger partial charge in [-0.3, -0.25) is 4.90 Å². The minimum absolute atomic E-state index is 0.0392. The van der Waals surface area contributed by atoms with Gasteiger partial charge in [0.05, 0.1) is 27.5 Å². The van der Waals surface area contributed by atoms with Gasteiger partial charge in [-0.05, 0) is 40.3 Å². The van der Waals surface area contributed by atoms with E-state index in [2.05, 4.69) is 25.9 Å². The fourth-order valence-corrected chi connectivity index (χ4v) is 7.13. The zero-order valence-corrected chi connectivity index (χ0v) is 27.4. The molecule has 6 rings (SSSR count). The van der Waals surface area contributed by atoms with Crippen molar-refractivity contribution in [1.82, 2.24) is 14.9 Å². The molecule has 47 heavy (non-hydrogen) atoms. The highest BCUT2D eigenvalue weighted by molar-refractivity contribution is 9.10. The smallest absolute Gasteiger partial charge is 0.422 e. The minimum Gasteiger partial charge on any atom is -0.465 e. The van der Waals surface area contributed by atoms with Crippen LogP contribution in [0.1, 0.15) is 44.7 Å². The summed E-state index contributed by atoms with van der Waals surface area (Å²) in [4.78, 5) is 29.2. The molecule has 8 nitrogen and oxygen atoms in total. The Morgan fingerprint density at radius 2 is 1.68 bits per heavy atom. The number of nitrogens with zero attached hydrogens (tertiary/aromatic N) is 5. The van der Waals surface area contributed by atoms with Crippen molar-refractivity contribution >= 4 is 50.1 Å². The summed E-state index contributed by atoms with van der Waals surface area (Å²) in [5.74, 6) is -0.707. The van der Waals surface area contributed by atoms with Crippen LogP contribution in [0.3, 0.4) is 0 Å². The van der Waals surface area contributed by atoms with Crippen molar-refractivity contribution in [2.75, 3.05) is 24.6 Å². The van der Waals surface area contributed by atoms with E-state index in [1.165, 1.54) is 4.90 Å². The van der Waals surface area contributed by atoms with Gasteiger partial charge in [-0.15, -0.1) is 0 Å². The van der Waals surface area contributed by atoms with Gasteiger partial charge >= 0.3 is 18.3 Å². The Morgan fingerprint density at radius 3 is 2.23 bits per heavy atom. The largest absolute Gasteiger partial charge is 0.465 e. The molecule has 0 spiro atoms. The lowest BCUT2D eigenvalue weighted by Gasteiger charge is -2.54. The molecule has 2 atom stereocenters. The third kappa shape index (κ3) is 6.13. The zero-order valence-electron chi connectivity index (χ0n) is 25.9. The molecule has 2 bridgehead atoms. The number of fused-ring (bicyclic) bond motifs is 3. The lowest BCUT2D eigenvalue weighted by Crippen LogP contribution is -2.68. The van der Waals surface area contributed by atoms with Crippen LogP contribution in [0.5, 0.6) is 6.01 Å². The topological polar surface area (TPSA) is 91.2 Å². The number of anilines is 1. The van der Waals surface area contributed by atoms with E-state index < -0.39 is 47.7 Å². The van der Waals surface area contributed by atoms with Crippen LogP contribution in [0.25, 0.3) is 10.9 Å². The van der Waals surface area contributed by atoms with Crippen molar-refractivity contribution in [3.63, 3.8) is 0 Å². The van der Waals surface area contributed by atoms with Gasteiger partial charge in [0.2, 0.25) is 0 Å². The summed E-state index contributed by atoms with van der Waals surface area (Å²) in [6.07, 6.45) is -4.54. The number of benzene rings is 3. The number of carbonyl (C=O) groups is 1. The maximum absolute atomic E-state index is 16.3. The Hall–Kier alpha value is -4.26. The van der Waals surface area contributed by atoms with E-state index in [9.17, 15) is 23.1 Å². The fraction of sp³-hybridized carbons (Fsp3) is 0.353. The third-order valence-electron chi connectivity index (χ3n) is 9.01. The summed E-state index contributed by atoms with van der Waals surface area (Å²) in [7, 11) is 0. The molecule has 4 aromatic rings. The maximum atomic E-state index is 16.3. The molecule has 3 heterocycles. The van der Waals surface area contributed by atoms with Crippen LogP contribution >= 0.6 is 15.9 Å². The number of hydrogen-bond donors (Lipinski definition) is 1. The number of aromatic nitrogens is 2. The maximum Gasteiger partial charge on any atom is 0.422 e. The Bertz CT molecular complexity index is 1810. The van der Waals surface area contributed by atoms with Gasteiger partial charge in [0.25, 0.3) is 0 Å². The van der Waals surface area contributed by atoms with E-state index in [1.807, 2.05) is 86.3 Å². The first-order valence-corrected chi connectivity index (χ1v) is 15.8. The number of hydrogen-bond acceptors (Lipinski definition) is 6. The number of rotatable bonds is 6. The molecular weight excluding hydrogens is 682 g/mol. The molecule has 0 radical (unpaired) electrons. The average molecular weight is 715 g/mol. The number of alkyl halides is 3. The lowest BCUT2D eigenvalue weighted by atomic mass is 9.71. The lowest BCUT2D eigenvalue weighted by molar-refractivity contribution is -0.154. The molecule has 0 aliphatic carbocycles. The Labute approximate surface area is 277 Å². The molecule has 246 valence electrons. The monoisotopic (exact) mass is 713 g/mol. The van der Waals surface area contributed by atoms with Gasteiger partial charge < -0.3 is 14.7 Å². The summed E-state index contributed by atoms with van der Waals surface area (Å²) in [6, 6.07) is 19.3. The minimum atomic E-state index is -4.68. The Balaban J connectivity index is 1.56. The first-order chi connectivity index (χ1) is 22.2. The van der Waals surface area contributed by atoms with Crippen molar-refractivity contribution < 1.29 is 32.2 Å². The van der Waals surface area contributed by atoms with Gasteiger partial charge in [0.1, 0.15) is 11.3 Å². The number of carboxylic acid groups (broad SMARTS) is 1. The molecule has 3 aromatic carbocycles. The summed E-state index contributed by atoms with van der Waals surface area (Å²) >= 11 is 3.33. The fourth-order valence-electron chi connectivity index (χ4n) is 6.74.